The van der Waals surface area contributed by atoms with Crippen LogP contribution in [0.1, 0.15) is 48.2 Å². The molecule has 0 saturated heterocycles. The van der Waals surface area contributed by atoms with Crippen LogP contribution in [0.15, 0.2) is 48.5 Å². The maximum absolute atomic E-state index is 3.67. The topological polar surface area (TPSA) is 12.0 Å². The second-order valence-electron chi connectivity index (χ2n) is 5.38. The number of hydrogen-bond donors (Lipinski definition) is 1. The summed E-state index contributed by atoms with van der Waals surface area (Å²) < 4.78 is 0. The second-order valence-corrected chi connectivity index (χ2v) is 5.38. The molecule has 0 aromatic heterocycles. The predicted molar refractivity (Wildman–Crippen MR) is 82.3 cm³/mol. The molecule has 2 atom stereocenters. The van der Waals surface area contributed by atoms with Gasteiger partial charge in [-0.3, -0.25) is 0 Å². The molecule has 0 radical (unpaired) electrons. The lowest BCUT2D eigenvalue weighted by Gasteiger charge is -2.22. The van der Waals surface area contributed by atoms with Crippen LogP contribution in [0.25, 0.3) is 0 Å². The van der Waals surface area contributed by atoms with E-state index in [1.807, 2.05) is 0 Å². The van der Waals surface area contributed by atoms with Gasteiger partial charge in [0, 0.05) is 12.1 Å². The predicted octanol–water partition coefficient (Wildman–Crippen LogP) is 4.72. The monoisotopic (exact) mass is 253 g/mol. The Morgan fingerprint density at radius 2 is 1.53 bits per heavy atom. The van der Waals surface area contributed by atoms with E-state index in [9.17, 15) is 0 Å². The van der Waals surface area contributed by atoms with Crippen molar-refractivity contribution in [1.82, 2.24) is 5.32 Å². The molecule has 0 fully saturated rings. The molecule has 1 nitrogen and oxygen atoms in total. The van der Waals surface area contributed by atoms with Gasteiger partial charge in [-0.25, -0.2) is 0 Å². The van der Waals surface area contributed by atoms with E-state index in [2.05, 4.69) is 81.5 Å². The highest BCUT2D eigenvalue weighted by atomic mass is 14.9. The van der Waals surface area contributed by atoms with E-state index >= 15 is 0 Å². The Morgan fingerprint density at radius 3 is 2.16 bits per heavy atom. The van der Waals surface area contributed by atoms with Gasteiger partial charge in [0.05, 0.1) is 0 Å². The number of aryl methyl sites for hydroxylation is 2. The van der Waals surface area contributed by atoms with Gasteiger partial charge in [0.25, 0.3) is 0 Å². The first kappa shape index (κ1) is 13.8. The molecule has 0 aliphatic rings. The van der Waals surface area contributed by atoms with Gasteiger partial charge in [0.1, 0.15) is 0 Å². The molecule has 1 heteroatoms. The fourth-order valence-corrected chi connectivity index (χ4v) is 2.61. The van der Waals surface area contributed by atoms with Gasteiger partial charge in [0.2, 0.25) is 0 Å². The zero-order chi connectivity index (χ0) is 13.8. The molecule has 2 rings (SSSR count). The highest BCUT2D eigenvalue weighted by molar-refractivity contribution is 5.32. The summed E-state index contributed by atoms with van der Waals surface area (Å²) in [7, 11) is 0. The third-order valence-corrected chi connectivity index (χ3v) is 3.69. The van der Waals surface area contributed by atoms with Gasteiger partial charge in [-0.1, -0.05) is 54.1 Å². The van der Waals surface area contributed by atoms with Gasteiger partial charge >= 0.3 is 0 Å². The largest absolute Gasteiger partial charge is 0.304 e. The molecule has 0 saturated carbocycles. The Kier molecular flexibility index (Phi) is 4.39. The molecule has 1 N–H and O–H groups in total. The summed E-state index contributed by atoms with van der Waals surface area (Å²) in [6.07, 6.45) is 0. The zero-order valence-corrected chi connectivity index (χ0v) is 12.3. The first-order valence-electron chi connectivity index (χ1n) is 6.96. The van der Waals surface area contributed by atoms with Gasteiger partial charge in [-0.05, 0) is 44.4 Å². The SMILES string of the molecule is Cc1ccc(C(C)N[C@@H](C)c2ccccc2)c(C)c1. The summed E-state index contributed by atoms with van der Waals surface area (Å²) in [4.78, 5) is 0. The van der Waals surface area contributed by atoms with Crippen molar-refractivity contribution in [3.63, 3.8) is 0 Å². The molecule has 0 amide bonds. The maximum atomic E-state index is 3.67. The van der Waals surface area contributed by atoms with Crippen molar-refractivity contribution < 1.29 is 0 Å². The van der Waals surface area contributed by atoms with Crippen LogP contribution < -0.4 is 5.32 Å². The van der Waals surface area contributed by atoms with Crippen LogP contribution in [0.2, 0.25) is 0 Å². The number of rotatable bonds is 4. The van der Waals surface area contributed by atoms with Gasteiger partial charge < -0.3 is 5.32 Å². The summed E-state index contributed by atoms with van der Waals surface area (Å²) in [5.74, 6) is 0. The average Bonchev–Trinajstić information content (AvgIpc) is 2.39. The molecule has 1 unspecified atom stereocenters. The lowest BCUT2D eigenvalue weighted by atomic mass is 9.99. The van der Waals surface area contributed by atoms with Crippen molar-refractivity contribution in [3.05, 3.63) is 70.8 Å². The molecule has 0 aliphatic heterocycles. The highest BCUT2D eigenvalue weighted by Crippen LogP contribution is 2.22. The minimum Gasteiger partial charge on any atom is -0.304 e. The van der Waals surface area contributed by atoms with Crippen LogP contribution in [-0.4, -0.2) is 0 Å². The summed E-state index contributed by atoms with van der Waals surface area (Å²) >= 11 is 0. The fourth-order valence-electron chi connectivity index (χ4n) is 2.61. The van der Waals surface area contributed by atoms with E-state index in [4.69, 9.17) is 0 Å². The van der Waals surface area contributed by atoms with Gasteiger partial charge in [-0.2, -0.15) is 0 Å². The van der Waals surface area contributed by atoms with Crippen LogP contribution in [-0.2, 0) is 0 Å². The van der Waals surface area contributed by atoms with Gasteiger partial charge in [-0.15, -0.1) is 0 Å². The number of benzene rings is 2. The van der Waals surface area contributed by atoms with Crippen LogP contribution in [0.5, 0.6) is 0 Å². The van der Waals surface area contributed by atoms with Crippen molar-refractivity contribution in [2.75, 3.05) is 0 Å². The molecule has 0 spiro atoms. The Bertz CT molecular complexity index is 531. The number of hydrogen-bond acceptors (Lipinski definition) is 1. The summed E-state index contributed by atoms with van der Waals surface area (Å²) in [5.41, 5.74) is 5.40. The third-order valence-electron chi connectivity index (χ3n) is 3.69. The minimum absolute atomic E-state index is 0.357. The molecular formula is C18H23N. The van der Waals surface area contributed by atoms with Crippen LogP contribution in [0, 0.1) is 13.8 Å². The summed E-state index contributed by atoms with van der Waals surface area (Å²) in [6.45, 7) is 8.78. The molecular weight excluding hydrogens is 230 g/mol. The number of nitrogens with one attached hydrogen (secondary N) is 1. The maximum Gasteiger partial charge on any atom is 0.0300 e. The lowest BCUT2D eigenvalue weighted by Crippen LogP contribution is -2.23. The molecule has 100 valence electrons. The second kappa shape index (κ2) is 6.03. The van der Waals surface area contributed by atoms with E-state index in [1.54, 1.807) is 0 Å². The molecule has 0 bridgehead atoms. The zero-order valence-electron chi connectivity index (χ0n) is 12.3. The lowest BCUT2D eigenvalue weighted by molar-refractivity contribution is 0.493. The Labute approximate surface area is 116 Å². The molecule has 2 aromatic carbocycles. The molecule has 19 heavy (non-hydrogen) atoms. The van der Waals surface area contributed by atoms with Crippen molar-refractivity contribution in [2.45, 2.75) is 39.8 Å². The van der Waals surface area contributed by atoms with E-state index in [0.29, 0.717) is 12.1 Å². The highest BCUT2D eigenvalue weighted by Gasteiger charge is 2.12. The van der Waals surface area contributed by atoms with Gasteiger partial charge in [0.15, 0.2) is 0 Å². The van der Waals surface area contributed by atoms with E-state index < -0.39 is 0 Å². The Balaban J connectivity index is 2.10. The summed E-state index contributed by atoms with van der Waals surface area (Å²) in [5, 5.41) is 3.67. The first-order valence-corrected chi connectivity index (χ1v) is 6.96. The molecule has 0 aliphatic carbocycles. The average molecular weight is 253 g/mol. The van der Waals surface area contributed by atoms with E-state index in [-0.39, 0.29) is 0 Å². The van der Waals surface area contributed by atoms with Crippen LogP contribution >= 0.6 is 0 Å². The van der Waals surface area contributed by atoms with Crippen molar-refractivity contribution in [2.24, 2.45) is 0 Å². The van der Waals surface area contributed by atoms with Crippen molar-refractivity contribution >= 4 is 0 Å². The first-order chi connectivity index (χ1) is 9.08. The van der Waals surface area contributed by atoms with Crippen molar-refractivity contribution in [1.29, 1.82) is 0 Å². The molecule has 2 aromatic rings. The standard InChI is InChI=1S/C18H23N/c1-13-10-11-18(14(2)12-13)16(4)19-15(3)17-8-6-5-7-9-17/h5-12,15-16,19H,1-4H3/t15-,16?/m0/s1. The van der Waals surface area contributed by atoms with Crippen LogP contribution in [0.4, 0.5) is 0 Å². The third kappa shape index (κ3) is 3.45. The Hall–Kier alpha value is -1.60. The summed E-state index contributed by atoms with van der Waals surface area (Å²) in [6, 6.07) is 18.0. The van der Waals surface area contributed by atoms with Crippen LogP contribution in [0.3, 0.4) is 0 Å². The van der Waals surface area contributed by atoms with Crippen molar-refractivity contribution in [3.8, 4) is 0 Å². The van der Waals surface area contributed by atoms with E-state index in [1.165, 1.54) is 22.3 Å². The Morgan fingerprint density at radius 1 is 0.842 bits per heavy atom. The van der Waals surface area contributed by atoms with E-state index in [0.717, 1.165) is 0 Å². The minimum atomic E-state index is 0.357. The smallest absolute Gasteiger partial charge is 0.0300 e. The molecule has 0 heterocycles. The quantitative estimate of drug-likeness (QED) is 0.831. The fraction of sp³-hybridized carbons (Fsp3) is 0.333. The normalized spacial score (nSPS) is 14.1.